The average Bonchev–Trinajstić information content (AvgIpc) is 1.47. The van der Waals surface area contributed by atoms with E-state index in [9.17, 15) is 0 Å². The Morgan fingerprint density at radius 3 is 0.852 bits per heavy atom. The molecule has 4 fully saturated rings. The summed E-state index contributed by atoms with van der Waals surface area (Å²) >= 11 is 0. The Morgan fingerprint density at radius 2 is 0.537 bits per heavy atom. The lowest BCUT2D eigenvalue weighted by Gasteiger charge is -2.35. The van der Waals surface area contributed by atoms with E-state index >= 15 is 0 Å². The van der Waals surface area contributed by atoms with Crippen molar-refractivity contribution in [1.82, 2.24) is 9.13 Å². The summed E-state index contributed by atoms with van der Waals surface area (Å²) in [5.74, 6) is 2.60. The van der Waals surface area contributed by atoms with Gasteiger partial charge in [-0.05, 0) is 276 Å². The SMILES string of the molecule is CC(C)(C)c1ccc(N(c2ccc(-c3cc4c5c(c3)-n3c6ccc(-c7ccc(C8CCCCC8)cc7)cc6c6cc(-c7ccc(C8CCCCC8)cc7)cc(c63)B5c3cc(-c5ccc(C6CCCCC6)cc5)cc5c6cc(-c7ccc(C8CCCCC8)cc7)ccc6n-4c35)cc2)c2ccc(C(C)(C)C)cc2)cc1. The van der Waals surface area contributed by atoms with Gasteiger partial charge < -0.3 is 14.0 Å². The van der Waals surface area contributed by atoms with Crippen molar-refractivity contribution < 1.29 is 0 Å². The van der Waals surface area contributed by atoms with E-state index in [2.05, 4.69) is 298 Å². The molecule has 6 aliphatic rings. The molecule has 0 spiro atoms. The molecule has 0 atom stereocenters. The summed E-state index contributed by atoms with van der Waals surface area (Å²) in [6.07, 6.45) is 26.5. The first-order valence-electron chi connectivity index (χ1n) is 41.7. The fourth-order valence-corrected chi connectivity index (χ4v) is 20.9. The second-order valence-corrected chi connectivity index (χ2v) is 35.7. The average molecular weight is 1400 g/mol. The topological polar surface area (TPSA) is 13.1 Å². The predicted octanol–water partition coefficient (Wildman–Crippen LogP) is 27.6. The van der Waals surface area contributed by atoms with E-state index in [-0.39, 0.29) is 17.5 Å². The molecule has 4 aliphatic carbocycles. The highest BCUT2D eigenvalue weighted by atomic mass is 15.1. The maximum atomic E-state index is 2.72. The molecule has 14 aromatic rings. The van der Waals surface area contributed by atoms with Gasteiger partial charge >= 0.3 is 0 Å². The zero-order valence-corrected chi connectivity index (χ0v) is 64.5. The van der Waals surface area contributed by atoms with Gasteiger partial charge in [-0.2, -0.15) is 0 Å². The van der Waals surface area contributed by atoms with Crippen LogP contribution < -0.4 is 21.3 Å². The Hall–Kier alpha value is -9.90. The minimum Gasteiger partial charge on any atom is -0.311 e. The molecule has 3 nitrogen and oxygen atoms in total. The maximum Gasteiger partial charge on any atom is 0.252 e. The van der Waals surface area contributed by atoms with Gasteiger partial charge in [0.05, 0.1) is 11.0 Å². The Kier molecular flexibility index (Phi) is 16.9. The Labute approximate surface area is 641 Å². The summed E-state index contributed by atoms with van der Waals surface area (Å²) in [6, 6.07) is 98.0. The van der Waals surface area contributed by atoms with E-state index in [1.54, 1.807) is 0 Å². The van der Waals surface area contributed by atoms with Crippen molar-refractivity contribution in [1.29, 1.82) is 0 Å². The number of benzene rings is 12. The quantitative estimate of drug-likeness (QED) is 0.111. The van der Waals surface area contributed by atoms with Crippen LogP contribution in [0, 0.1) is 0 Å². The van der Waals surface area contributed by atoms with Crippen LogP contribution in [0.5, 0.6) is 0 Å². The van der Waals surface area contributed by atoms with Gasteiger partial charge in [-0.1, -0.05) is 276 Å². The monoisotopic (exact) mass is 1400 g/mol. The highest BCUT2D eigenvalue weighted by Crippen LogP contribution is 2.48. The number of hydrogen-bond acceptors (Lipinski definition) is 1. The van der Waals surface area contributed by atoms with Crippen LogP contribution in [0.4, 0.5) is 17.1 Å². The highest BCUT2D eigenvalue weighted by Gasteiger charge is 2.42. The molecule has 4 heterocycles. The number of fused-ring (bicyclic) bond motifs is 10. The summed E-state index contributed by atoms with van der Waals surface area (Å²) < 4.78 is 5.44. The molecule has 12 aromatic carbocycles. The normalized spacial score (nSPS) is 16.6. The third-order valence-corrected chi connectivity index (χ3v) is 27.0. The summed E-state index contributed by atoms with van der Waals surface area (Å²) in [6.45, 7) is 13.7. The molecular formula is C104H102BN3. The molecule has 0 bridgehead atoms. The van der Waals surface area contributed by atoms with E-state index < -0.39 is 0 Å². The Bertz CT molecular complexity index is 5400. The minimum atomic E-state index is -0.0884. The standard InChI is InChI=1S/C104H102BN3/c1-103(2,3)85-47-53-88(54-48-85)106(89-55-49-86(50-56-89)104(4,5)6)87-51-43-79(44-52-87)84-65-98-100-99(66-84)108-97-58-46-81(76-37-29-72(30-38-76)68-21-13-8-14-22-68)60-91(97)93-62-83(78-41-33-74(34-42-78)70-25-17-10-18-26-70)64-95(102(93)108)105(100)94-63-82(77-39-31-73(32-40-77)69-23-15-9-16-24-69)61-92-90-59-80(45-57-96(90)107(98)101(92)94)75-35-27-71(28-36-75)67-19-11-7-12-20-67/h27-70H,7-26H2,1-6H3. The summed E-state index contributed by atoms with van der Waals surface area (Å²) in [4.78, 5) is 2.45. The first kappa shape index (κ1) is 67.5. The molecule has 20 rings (SSSR count). The van der Waals surface area contributed by atoms with Crippen molar-refractivity contribution >= 4 is 83.8 Å². The lowest BCUT2D eigenvalue weighted by Crippen LogP contribution is -2.59. The molecule has 0 amide bonds. The molecule has 0 radical (unpaired) electrons. The number of rotatable bonds is 12. The Morgan fingerprint density at radius 1 is 0.269 bits per heavy atom. The third kappa shape index (κ3) is 11.9. The first-order chi connectivity index (χ1) is 52.8. The summed E-state index contributed by atoms with van der Waals surface area (Å²) in [5.41, 5.74) is 36.6. The van der Waals surface area contributed by atoms with Gasteiger partial charge in [-0.25, -0.2) is 0 Å². The minimum absolute atomic E-state index is 0.0372. The number of aromatic nitrogens is 2. The smallest absolute Gasteiger partial charge is 0.252 e. The molecule has 2 aliphatic heterocycles. The van der Waals surface area contributed by atoms with Gasteiger partial charge in [-0.15, -0.1) is 0 Å². The molecular weight excluding hydrogens is 1300 g/mol. The van der Waals surface area contributed by atoms with Gasteiger partial charge in [0.2, 0.25) is 0 Å². The van der Waals surface area contributed by atoms with E-state index in [0.717, 1.165) is 17.1 Å². The lowest BCUT2D eigenvalue weighted by atomic mass is 9.34. The largest absolute Gasteiger partial charge is 0.311 e. The predicted molar refractivity (Wildman–Crippen MR) is 462 cm³/mol. The van der Waals surface area contributed by atoms with E-state index in [4.69, 9.17) is 0 Å². The van der Waals surface area contributed by atoms with Gasteiger partial charge in [-0.3, -0.25) is 0 Å². The highest BCUT2D eigenvalue weighted by molar-refractivity contribution is 7.00. The summed E-state index contributed by atoms with van der Waals surface area (Å²) in [7, 11) is 0. The van der Waals surface area contributed by atoms with Crippen LogP contribution in [0.2, 0.25) is 0 Å². The molecule has 108 heavy (non-hydrogen) atoms. The molecule has 4 saturated carbocycles. The van der Waals surface area contributed by atoms with E-state index in [1.807, 2.05) is 0 Å². The van der Waals surface area contributed by atoms with Crippen LogP contribution in [-0.4, -0.2) is 15.8 Å². The van der Waals surface area contributed by atoms with E-state index in [0.29, 0.717) is 23.7 Å². The van der Waals surface area contributed by atoms with Crippen LogP contribution in [-0.2, 0) is 10.8 Å². The zero-order chi connectivity index (χ0) is 72.5. The fourth-order valence-electron chi connectivity index (χ4n) is 20.9. The van der Waals surface area contributed by atoms with Crippen molar-refractivity contribution in [2.24, 2.45) is 0 Å². The van der Waals surface area contributed by atoms with Crippen molar-refractivity contribution in [3.05, 3.63) is 276 Å². The summed E-state index contributed by atoms with van der Waals surface area (Å²) in [5, 5.41) is 5.24. The molecule has 4 heteroatoms. The van der Waals surface area contributed by atoms with Gasteiger partial charge in [0.15, 0.2) is 0 Å². The maximum absolute atomic E-state index is 2.72. The third-order valence-electron chi connectivity index (χ3n) is 27.0. The van der Waals surface area contributed by atoms with Gasteiger partial charge in [0.25, 0.3) is 6.71 Å². The second kappa shape index (κ2) is 27.0. The van der Waals surface area contributed by atoms with Crippen LogP contribution in [0.25, 0.3) is 111 Å². The first-order valence-corrected chi connectivity index (χ1v) is 41.7. The lowest BCUT2D eigenvalue weighted by molar-refractivity contribution is 0.443. The van der Waals surface area contributed by atoms with Crippen molar-refractivity contribution in [3.63, 3.8) is 0 Å². The fraction of sp³-hybridized carbons (Fsp3) is 0.308. The Balaban J connectivity index is 0.827. The van der Waals surface area contributed by atoms with Gasteiger partial charge in [0.1, 0.15) is 0 Å². The van der Waals surface area contributed by atoms with Gasteiger partial charge in [0, 0.05) is 61.0 Å². The zero-order valence-electron chi connectivity index (χ0n) is 64.5. The van der Waals surface area contributed by atoms with Crippen molar-refractivity contribution in [3.8, 4) is 67.0 Å². The second-order valence-electron chi connectivity index (χ2n) is 35.7. The van der Waals surface area contributed by atoms with Crippen molar-refractivity contribution in [2.75, 3.05) is 4.90 Å². The molecule has 0 N–H and O–H groups in total. The molecule has 0 unspecified atom stereocenters. The van der Waals surface area contributed by atoms with Crippen LogP contribution in [0.15, 0.2) is 243 Å². The number of anilines is 3. The van der Waals surface area contributed by atoms with Crippen LogP contribution in [0.1, 0.15) is 227 Å². The van der Waals surface area contributed by atoms with Crippen LogP contribution >= 0.6 is 0 Å². The van der Waals surface area contributed by atoms with Crippen LogP contribution in [0.3, 0.4) is 0 Å². The van der Waals surface area contributed by atoms with E-state index in [1.165, 1.54) is 289 Å². The number of hydrogen-bond donors (Lipinski definition) is 0. The number of nitrogens with zero attached hydrogens (tertiary/aromatic N) is 3. The van der Waals surface area contributed by atoms with Crippen molar-refractivity contribution in [2.45, 2.75) is 204 Å². The molecule has 2 aromatic heterocycles. The molecule has 0 saturated heterocycles. The molecule has 536 valence electrons.